The van der Waals surface area contributed by atoms with Gasteiger partial charge < -0.3 is 9.84 Å². The second-order valence-electron chi connectivity index (χ2n) is 3.81. The number of thioether (sulfide) groups is 1. The number of hydrogen-bond acceptors (Lipinski definition) is 3. The second kappa shape index (κ2) is 5.54. The van der Waals surface area contributed by atoms with Crippen molar-refractivity contribution >= 4 is 23.4 Å². The first-order valence-electron chi connectivity index (χ1n) is 4.99. The molecule has 0 spiro atoms. The summed E-state index contributed by atoms with van der Waals surface area (Å²) in [7, 11) is 0. The van der Waals surface area contributed by atoms with Crippen molar-refractivity contribution in [2.45, 2.75) is 22.2 Å². The van der Waals surface area contributed by atoms with E-state index in [1.165, 1.54) is 0 Å². The lowest BCUT2D eigenvalue weighted by molar-refractivity contribution is -0.269. The molecule has 1 heterocycles. The predicted octanol–water partition coefficient (Wildman–Crippen LogP) is 3.39. The summed E-state index contributed by atoms with van der Waals surface area (Å²) in [4.78, 5) is -2.01. The average Bonchev–Trinajstić information content (AvgIpc) is 2.76. The molecule has 2 nitrogen and oxygen atoms in total. The van der Waals surface area contributed by atoms with Gasteiger partial charge >= 0.3 is 17.2 Å². The molecule has 1 N–H and O–H groups in total. The lowest BCUT2D eigenvalue weighted by Crippen LogP contribution is -2.52. The van der Waals surface area contributed by atoms with Gasteiger partial charge in [-0.3, -0.25) is 0 Å². The summed E-state index contributed by atoms with van der Waals surface area (Å²) in [5, 5.41) is 3.28. The highest BCUT2D eigenvalue weighted by molar-refractivity contribution is 8.00. The monoisotopic (exact) mass is 348 g/mol. The van der Waals surface area contributed by atoms with Gasteiger partial charge in [-0.05, 0) is 17.7 Å². The largest absolute Gasteiger partial charge is 0.393 e. The van der Waals surface area contributed by atoms with Crippen molar-refractivity contribution in [3.05, 3.63) is 11.9 Å². The van der Waals surface area contributed by atoms with Crippen molar-refractivity contribution in [3.8, 4) is 0 Å². The Morgan fingerprint density at radius 1 is 1.30 bits per heavy atom. The van der Waals surface area contributed by atoms with Crippen molar-refractivity contribution in [3.63, 3.8) is 0 Å². The van der Waals surface area contributed by atoms with Crippen LogP contribution in [0.2, 0.25) is 0 Å². The van der Waals surface area contributed by atoms with Crippen molar-refractivity contribution in [2.75, 3.05) is 19.0 Å². The zero-order valence-corrected chi connectivity index (χ0v) is 11.1. The summed E-state index contributed by atoms with van der Waals surface area (Å²) in [5.74, 6) is -14.7. The number of hydrogen-bond donors (Lipinski definition) is 1. The van der Waals surface area contributed by atoms with Crippen LogP contribution in [0.25, 0.3) is 0 Å². The number of ether oxygens (including phenoxy) is 1. The third kappa shape index (κ3) is 3.02. The predicted molar refractivity (Wildman–Crippen MR) is 58.1 cm³/mol. The van der Waals surface area contributed by atoms with E-state index in [-0.39, 0.29) is 18.4 Å². The fraction of sp³-hybridized carbons (Fsp3) is 0.778. The SMILES string of the molecule is OCC1(/C=C(\F)C(F)(F)C(F)(F)C(F)(F)Cl)OCCS1. The van der Waals surface area contributed by atoms with Crippen LogP contribution in [0.4, 0.5) is 30.7 Å². The van der Waals surface area contributed by atoms with E-state index in [0.29, 0.717) is 11.8 Å². The van der Waals surface area contributed by atoms with Crippen LogP contribution in [0, 0.1) is 0 Å². The number of rotatable bonds is 5. The lowest BCUT2D eigenvalue weighted by atomic mass is 10.1. The smallest absolute Gasteiger partial charge is 0.392 e. The number of halogens is 8. The van der Waals surface area contributed by atoms with Gasteiger partial charge in [-0.2, -0.15) is 26.3 Å². The number of aliphatic hydroxyl groups excluding tert-OH is 1. The zero-order valence-electron chi connectivity index (χ0n) is 9.49. The summed E-state index contributed by atoms with van der Waals surface area (Å²) < 4.78 is 94.7. The van der Waals surface area contributed by atoms with Crippen molar-refractivity contribution < 1.29 is 40.6 Å². The van der Waals surface area contributed by atoms with Gasteiger partial charge in [0.1, 0.15) is 0 Å². The molecule has 0 aromatic carbocycles. The van der Waals surface area contributed by atoms with Crippen LogP contribution in [-0.2, 0) is 4.74 Å². The summed E-state index contributed by atoms with van der Waals surface area (Å²) in [6.45, 7) is -1.05. The topological polar surface area (TPSA) is 29.5 Å². The third-order valence-electron chi connectivity index (χ3n) is 2.39. The van der Waals surface area contributed by atoms with Crippen LogP contribution < -0.4 is 0 Å². The van der Waals surface area contributed by atoms with E-state index in [4.69, 9.17) is 9.84 Å². The maximum atomic E-state index is 13.3. The van der Waals surface area contributed by atoms with E-state index in [2.05, 4.69) is 11.6 Å². The highest BCUT2D eigenvalue weighted by Crippen LogP contribution is 2.52. The van der Waals surface area contributed by atoms with Crippen LogP contribution >= 0.6 is 23.4 Å². The molecule has 1 aliphatic heterocycles. The number of allylic oxidation sites excluding steroid dienone is 1. The van der Waals surface area contributed by atoms with Crippen molar-refractivity contribution in [1.29, 1.82) is 0 Å². The molecule has 0 aliphatic carbocycles. The molecular formula is C9H8ClF7O2S. The normalized spacial score (nSPS) is 26.1. The summed E-state index contributed by atoms with van der Waals surface area (Å²) in [5.41, 5.74) is 0. The van der Waals surface area contributed by atoms with E-state index in [1.54, 1.807) is 0 Å². The fourth-order valence-electron chi connectivity index (χ4n) is 1.30. The highest BCUT2D eigenvalue weighted by Gasteiger charge is 2.73. The van der Waals surface area contributed by atoms with Crippen LogP contribution in [0.3, 0.4) is 0 Å². The molecule has 20 heavy (non-hydrogen) atoms. The quantitative estimate of drug-likeness (QED) is 0.610. The Morgan fingerprint density at radius 3 is 2.20 bits per heavy atom. The molecule has 1 unspecified atom stereocenters. The third-order valence-corrected chi connectivity index (χ3v) is 3.86. The summed E-state index contributed by atoms with van der Waals surface area (Å²) >= 11 is 4.56. The van der Waals surface area contributed by atoms with Crippen LogP contribution in [0.15, 0.2) is 11.9 Å². The first-order chi connectivity index (χ1) is 8.90. The van der Waals surface area contributed by atoms with Crippen LogP contribution in [-0.4, -0.2) is 46.2 Å². The van der Waals surface area contributed by atoms with Gasteiger partial charge in [-0.1, -0.05) is 0 Å². The van der Waals surface area contributed by atoms with Crippen molar-refractivity contribution in [1.82, 2.24) is 0 Å². The summed E-state index contributed by atoms with van der Waals surface area (Å²) in [6.07, 6.45) is -0.138. The Bertz CT molecular complexity index is 390. The van der Waals surface area contributed by atoms with Gasteiger partial charge in [0.15, 0.2) is 10.8 Å². The van der Waals surface area contributed by atoms with E-state index in [0.717, 1.165) is 0 Å². The Labute approximate surface area is 117 Å². The molecule has 1 atom stereocenters. The van der Waals surface area contributed by atoms with E-state index >= 15 is 0 Å². The molecule has 11 heteroatoms. The molecule has 0 bridgehead atoms. The van der Waals surface area contributed by atoms with Crippen molar-refractivity contribution in [2.24, 2.45) is 0 Å². The minimum atomic E-state index is -6.15. The average molecular weight is 349 g/mol. The zero-order chi connectivity index (χ0) is 15.8. The number of alkyl halides is 7. The molecule has 0 amide bonds. The molecule has 1 fully saturated rings. The molecule has 0 radical (unpaired) electrons. The first kappa shape index (κ1) is 17.9. The molecule has 0 aromatic rings. The van der Waals surface area contributed by atoms with E-state index in [9.17, 15) is 30.7 Å². The maximum absolute atomic E-state index is 13.3. The highest BCUT2D eigenvalue weighted by atomic mass is 35.5. The van der Waals surface area contributed by atoms with Gasteiger partial charge in [-0.25, -0.2) is 4.39 Å². The van der Waals surface area contributed by atoms with Gasteiger partial charge in [0, 0.05) is 5.75 Å². The van der Waals surface area contributed by atoms with Gasteiger partial charge in [0.25, 0.3) is 0 Å². The molecule has 0 saturated carbocycles. The molecule has 0 aromatic heterocycles. The van der Waals surface area contributed by atoms with E-state index < -0.39 is 34.6 Å². The molecule has 1 saturated heterocycles. The number of aliphatic hydroxyl groups is 1. The maximum Gasteiger partial charge on any atom is 0.393 e. The van der Waals surface area contributed by atoms with Gasteiger partial charge in [-0.15, -0.1) is 11.8 Å². The minimum absolute atomic E-state index is 0.0529. The Hall–Kier alpha value is -0.190. The minimum Gasteiger partial charge on any atom is -0.392 e. The van der Waals surface area contributed by atoms with Crippen LogP contribution in [0.5, 0.6) is 0 Å². The Morgan fingerprint density at radius 2 is 1.85 bits per heavy atom. The lowest BCUT2D eigenvalue weighted by Gasteiger charge is -2.29. The molecule has 1 rings (SSSR count). The van der Waals surface area contributed by atoms with E-state index in [1.807, 2.05) is 0 Å². The molecular weight excluding hydrogens is 341 g/mol. The first-order valence-corrected chi connectivity index (χ1v) is 6.36. The van der Waals surface area contributed by atoms with Gasteiger partial charge in [0.2, 0.25) is 0 Å². The molecule has 1 aliphatic rings. The summed E-state index contributed by atoms with van der Waals surface area (Å²) in [6, 6.07) is 0. The standard InChI is InChI=1S/C9H8ClF7O2S/c10-9(16,17)8(14,15)7(12,13)5(11)3-6(4-18)19-1-2-20-6/h3,18H,1-2,4H2/b5-3-. The Kier molecular flexibility index (Phi) is 4.95. The Balaban J connectivity index is 3.14. The van der Waals surface area contributed by atoms with Gasteiger partial charge in [0.05, 0.1) is 13.2 Å². The van der Waals surface area contributed by atoms with Crippen LogP contribution in [0.1, 0.15) is 0 Å². The fourth-order valence-corrected chi connectivity index (χ4v) is 2.38. The molecule has 118 valence electrons. The second-order valence-corrected chi connectivity index (χ2v) is 5.67.